The van der Waals surface area contributed by atoms with Crippen molar-refractivity contribution in [2.75, 3.05) is 6.54 Å². The number of Topliss-reactive ketones (excluding diaryl/α,β-unsaturated/α-hetero) is 1. The van der Waals surface area contributed by atoms with E-state index in [1.54, 1.807) is 4.90 Å². The molecule has 0 aromatic heterocycles. The number of nitrogens with zero attached hydrogens (tertiary/aromatic N) is 2. The fourth-order valence-corrected chi connectivity index (χ4v) is 2.44. The number of benzene rings is 1. The van der Waals surface area contributed by atoms with Crippen molar-refractivity contribution in [3.63, 3.8) is 0 Å². The zero-order valence-electron chi connectivity index (χ0n) is 10.2. The Balaban J connectivity index is 2.31. The Morgan fingerprint density at radius 2 is 2.06 bits per heavy atom. The van der Waals surface area contributed by atoms with Crippen molar-refractivity contribution in [1.29, 1.82) is 0 Å². The highest BCUT2D eigenvalue weighted by Crippen LogP contribution is 2.23. The van der Waals surface area contributed by atoms with Crippen LogP contribution >= 0.6 is 9.03 Å². The molecule has 1 unspecified atom stereocenters. The molecule has 0 spiro atoms. The van der Waals surface area contributed by atoms with Crippen LogP contribution in [0, 0.1) is 0 Å². The van der Waals surface area contributed by atoms with Gasteiger partial charge in [-0.1, -0.05) is 24.3 Å². The maximum absolute atomic E-state index is 12.0. The van der Waals surface area contributed by atoms with Crippen LogP contribution < -0.4 is 0 Å². The van der Waals surface area contributed by atoms with E-state index in [0.29, 0.717) is 13.0 Å². The highest BCUT2D eigenvalue weighted by molar-refractivity contribution is 7.04. The Bertz CT molecular complexity index is 502. The van der Waals surface area contributed by atoms with Gasteiger partial charge >= 0.3 is 0 Å². The molecule has 1 amide bonds. The van der Waals surface area contributed by atoms with Crippen molar-refractivity contribution in [2.45, 2.75) is 25.9 Å². The third kappa shape index (κ3) is 2.49. The SMILES string of the molecule is CC(=O)C1Cc2ccccc2CN1C(=O)CN=P. The summed E-state index contributed by atoms with van der Waals surface area (Å²) < 4.78 is 3.66. The molecule has 0 fully saturated rings. The van der Waals surface area contributed by atoms with E-state index in [1.165, 1.54) is 6.92 Å². The first kappa shape index (κ1) is 12.9. The fourth-order valence-electron chi connectivity index (χ4n) is 2.31. The van der Waals surface area contributed by atoms with Crippen LogP contribution in [0.2, 0.25) is 0 Å². The van der Waals surface area contributed by atoms with Crippen molar-refractivity contribution in [2.24, 2.45) is 4.74 Å². The zero-order valence-corrected chi connectivity index (χ0v) is 11.2. The van der Waals surface area contributed by atoms with Crippen LogP contribution in [0.3, 0.4) is 0 Å². The minimum Gasteiger partial charge on any atom is -0.326 e. The molecular weight excluding hydrogens is 247 g/mol. The Hall–Kier alpha value is -1.54. The number of fused-ring (bicyclic) bond motifs is 1. The summed E-state index contributed by atoms with van der Waals surface area (Å²) in [5.74, 6) is -0.105. The highest BCUT2D eigenvalue weighted by atomic mass is 31.0. The second-order valence-electron chi connectivity index (χ2n) is 4.44. The Morgan fingerprint density at radius 3 is 2.67 bits per heavy atom. The number of hydrogen-bond donors (Lipinski definition) is 0. The van der Waals surface area contributed by atoms with E-state index in [2.05, 4.69) is 13.8 Å². The Morgan fingerprint density at radius 1 is 1.39 bits per heavy atom. The van der Waals surface area contributed by atoms with E-state index in [4.69, 9.17) is 0 Å². The van der Waals surface area contributed by atoms with Crippen LogP contribution in [0.25, 0.3) is 0 Å². The summed E-state index contributed by atoms with van der Waals surface area (Å²) in [7, 11) is 2.95. The lowest BCUT2D eigenvalue weighted by Crippen LogP contribution is -2.48. The Labute approximate surface area is 108 Å². The van der Waals surface area contributed by atoms with Crippen LogP contribution in [0.1, 0.15) is 18.1 Å². The molecular formula is C13H15N2O2P. The quantitative estimate of drug-likeness (QED) is 0.781. The van der Waals surface area contributed by atoms with Gasteiger partial charge in [0.1, 0.15) is 6.54 Å². The summed E-state index contributed by atoms with van der Waals surface area (Å²) in [6.07, 6.45) is 0.596. The van der Waals surface area contributed by atoms with Gasteiger partial charge in [-0.3, -0.25) is 14.3 Å². The number of ketones is 1. The van der Waals surface area contributed by atoms with Gasteiger partial charge in [-0.05, 0) is 27.1 Å². The van der Waals surface area contributed by atoms with E-state index in [-0.39, 0.29) is 24.3 Å². The number of hydrogen-bond acceptors (Lipinski definition) is 3. The molecule has 4 nitrogen and oxygen atoms in total. The number of amides is 1. The first-order valence-corrected chi connectivity index (χ1v) is 6.28. The van der Waals surface area contributed by atoms with Crippen molar-refractivity contribution >= 4 is 20.7 Å². The lowest BCUT2D eigenvalue weighted by molar-refractivity contribution is -0.139. The topological polar surface area (TPSA) is 49.7 Å². The second kappa shape index (κ2) is 5.40. The first-order valence-electron chi connectivity index (χ1n) is 5.83. The molecule has 1 aromatic carbocycles. The predicted octanol–water partition coefficient (Wildman–Crippen LogP) is 1.86. The fraction of sp³-hybridized carbons (Fsp3) is 0.385. The molecule has 0 bridgehead atoms. The highest BCUT2D eigenvalue weighted by Gasteiger charge is 2.31. The molecule has 1 aliphatic rings. The van der Waals surface area contributed by atoms with Crippen LogP contribution in [0.4, 0.5) is 0 Å². The van der Waals surface area contributed by atoms with Crippen LogP contribution in [-0.4, -0.2) is 29.2 Å². The first-order chi connectivity index (χ1) is 8.63. The third-order valence-corrected chi connectivity index (χ3v) is 3.41. The van der Waals surface area contributed by atoms with Gasteiger partial charge in [0, 0.05) is 13.0 Å². The Kier molecular flexibility index (Phi) is 3.87. The summed E-state index contributed by atoms with van der Waals surface area (Å²) in [5, 5.41) is 0. The largest absolute Gasteiger partial charge is 0.326 e. The number of rotatable bonds is 3. The van der Waals surface area contributed by atoms with Crippen LogP contribution in [-0.2, 0) is 22.6 Å². The zero-order chi connectivity index (χ0) is 13.1. The van der Waals surface area contributed by atoms with Gasteiger partial charge in [-0.15, -0.1) is 0 Å². The molecule has 94 valence electrons. The van der Waals surface area contributed by atoms with Crippen molar-refractivity contribution in [1.82, 2.24) is 4.90 Å². The molecule has 0 saturated heterocycles. The summed E-state index contributed by atoms with van der Waals surface area (Å²) >= 11 is 0. The third-order valence-electron chi connectivity index (χ3n) is 3.25. The minimum atomic E-state index is -0.360. The molecule has 1 aromatic rings. The van der Waals surface area contributed by atoms with Gasteiger partial charge in [0.2, 0.25) is 5.91 Å². The van der Waals surface area contributed by atoms with Gasteiger partial charge < -0.3 is 4.90 Å². The summed E-state index contributed by atoms with van der Waals surface area (Å²) in [5.41, 5.74) is 2.26. The van der Waals surface area contributed by atoms with E-state index in [9.17, 15) is 9.59 Å². The van der Waals surface area contributed by atoms with Gasteiger partial charge in [-0.2, -0.15) is 0 Å². The smallest absolute Gasteiger partial charge is 0.245 e. The van der Waals surface area contributed by atoms with Gasteiger partial charge in [-0.25, -0.2) is 0 Å². The maximum Gasteiger partial charge on any atom is 0.245 e. The van der Waals surface area contributed by atoms with E-state index in [0.717, 1.165) is 11.1 Å². The average Bonchev–Trinajstić information content (AvgIpc) is 2.37. The van der Waals surface area contributed by atoms with E-state index >= 15 is 0 Å². The number of carbonyl (C=O) groups excluding carboxylic acids is 2. The standard InChI is InChI=1S/C13H15N2O2P/c1-9(16)12-6-10-4-2-3-5-11(10)8-15(12)13(17)7-14-18/h2-5,12,18H,6-8H2,1H3. The van der Waals surface area contributed by atoms with Crippen molar-refractivity contribution in [3.8, 4) is 0 Å². The second-order valence-corrected chi connectivity index (χ2v) is 4.75. The van der Waals surface area contributed by atoms with Gasteiger partial charge in [0.05, 0.1) is 6.04 Å². The predicted molar refractivity (Wildman–Crippen MR) is 70.8 cm³/mol. The van der Waals surface area contributed by atoms with Gasteiger partial charge in [0.25, 0.3) is 0 Å². The van der Waals surface area contributed by atoms with E-state index < -0.39 is 0 Å². The molecule has 1 aliphatic heterocycles. The molecule has 2 rings (SSSR count). The van der Waals surface area contributed by atoms with Crippen molar-refractivity contribution < 1.29 is 9.59 Å². The average molecular weight is 262 g/mol. The summed E-state index contributed by atoms with van der Waals surface area (Å²) in [6.45, 7) is 2.08. The normalized spacial score (nSPS) is 18.1. The molecule has 0 N–H and O–H groups in total. The van der Waals surface area contributed by atoms with Crippen LogP contribution in [0.15, 0.2) is 29.0 Å². The molecule has 0 radical (unpaired) electrons. The summed E-state index contributed by atoms with van der Waals surface area (Å²) in [4.78, 5) is 25.3. The lowest BCUT2D eigenvalue weighted by atomic mass is 9.92. The van der Waals surface area contributed by atoms with Crippen LogP contribution in [0.5, 0.6) is 0 Å². The minimum absolute atomic E-state index is 0.0202. The molecule has 0 aliphatic carbocycles. The molecule has 18 heavy (non-hydrogen) atoms. The molecule has 0 saturated carbocycles. The summed E-state index contributed by atoms with van der Waals surface area (Å²) in [6, 6.07) is 7.56. The monoisotopic (exact) mass is 262 g/mol. The number of carbonyl (C=O) groups is 2. The molecule has 1 heterocycles. The molecule has 1 atom stereocenters. The van der Waals surface area contributed by atoms with E-state index in [1.807, 2.05) is 24.3 Å². The maximum atomic E-state index is 12.0. The van der Waals surface area contributed by atoms with Crippen molar-refractivity contribution in [3.05, 3.63) is 35.4 Å². The van der Waals surface area contributed by atoms with Gasteiger partial charge in [0.15, 0.2) is 5.78 Å². The lowest BCUT2D eigenvalue weighted by Gasteiger charge is -2.35. The molecule has 5 heteroatoms.